The van der Waals surface area contributed by atoms with Gasteiger partial charge in [0.15, 0.2) is 0 Å². The molecule has 1 atom stereocenters. The van der Waals surface area contributed by atoms with Crippen molar-refractivity contribution in [2.45, 2.75) is 12.3 Å². The number of alkyl halides is 3. The highest BCUT2D eigenvalue weighted by atomic mass is 19.4. The molecule has 8 heteroatoms. The van der Waals surface area contributed by atoms with E-state index in [2.05, 4.69) is 15.8 Å². The van der Waals surface area contributed by atoms with Crippen LogP contribution in [-0.2, 0) is 0 Å². The van der Waals surface area contributed by atoms with Gasteiger partial charge in [-0.05, 0) is 14.1 Å². The molecule has 1 heterocycles. The number of hydrogen-bond acceptors (Lipinski definition) is 5. The van der Waals surface area contributed by atoms with E-state index in [0.717, 1.165) is 6.54 Å². The topological polar surface area (TPSA) is 42.9 Å². The lowest BCUT2D eigenvalue weighted by Gasteiger charge is -2.20. The van der Waals surface area contributed by atoms with E-state index in [1.54, 1.807) is 11.9 Å². The summed E-state index contributed by atoms with van der Waals surface area (Å²) < 4.78 is 36.8. The Morgan fingerprint density at radius 2 is 1.88 bits per heavy atom. The summed E-state index contributed by atoms with van der Waals surface area (Å²) in [5.41, 5.74) is 4.51. The standard InChI is InChI=1S/C8H16F3N5/c1-15(2)4-5-16(3)7-12-6(13-14-7)8(9,10)11/h6,13H,4-5H2,1-3H3,(H,12,14). The normalized spacial score (nSPS) is 20.9. The van der Waals surface area contributed by atoms with Gasteiger partial charge in [0.1, 0.15) is 0 Å². The molecule has 0 aliphatic carbocycles. The van der Waals surface area contributed by atoms with Gasteiger partial charge in [-0.15, -0.1) is 0 Å². The fourth-order valence-corrected chi connectivity index (χ4v) is 1.12. The zero-order valence-corrected chi connectivity index (χ0v) is 9.47. The molecule has 0 saturated carbocycles. The van der Waals surface area contributed by atoms with E-state index in [1.165, 1.54) is 0 Å². The lowest BCUT2D eigenvalue weighted by molar-refractivity contribution is -0.152. The second kappa shape index (κ2) is 4.88. The van der Waals surface area contributed by atoms with Crippen LogP contribution < -0.4 is 10.9 Å². The lowest BCUT2D eigenvalue weighted by Crippen LogP contribution is -2.46. The molecule has 0 spiro atoms. The van der Waals surface area contributed by atoms with Gasteiger partial charge in [0.05, 0.1) is 0 Å². The molecule has 0 amide bonds. The van der Waals surface area contributed by atoms with Crippen molar-refractivity contribution < 1.29 is 13.2 Å². The fourth-order valence-electron chi connectivity index (χ4n) is 1.12. The number of aliphatic imine (C=N–C) groups is 1. The first-order valence-corrected chi connectivity index (χ1v) is 4.82. The van der Waals surface area contributed by atoms with Crippen LogP contribution in [0.1, 0.15) is 0 Å². The highest BCUT2D eigenvalue weighted by molar-refractivity contribution is 5.80. The average Bonchev–Trinajstić information content (AvgIpc) is 2.61. The Kier molecular flexibility index (Phi) is 3.98. The Hall–Kier alpha value is -1.02. The summed E-state index contributed by atoms with van der Waals surface area (Å²) in [4.78, 5) is 7.10. The molecule has 0 bridgehead atoms. The van der Waals surface area contributed by atoms with Gasteiger partial charge in [-0.3, -0.25) is 5.43 Å². The second-order valence-corrected chi connectivity index (χ2v) is 3.89. The highest BCUT2D eigenvalue weighted by Crippen LogP contribution is 2.22. The number of guanidine groups is 1. The van der Waals surface area contributed by atoms with Crippen LogP contribution in [0.25, 0.3) is 0 Å². The molecular formula is C8H16F3N5. The van der Waals surface area contributed by atoms with Crippen LogP contribution in [0.2, 0.25) is 0 Å². The maximum atomic E-state index is 12.3. The van der Waals surface area contributed by atoms with Crippen LogP contribution in [-0.4, -0.2) is 62.3 Å². The molecular weight excluding hydrogens is 223 g/mol. The SMILES string of the molecule is CN(C)CCN(C)C1=NC(C(F)(F)F)NN1. The van der Waals surface area contributed by atoms with Crippen molar-refractivity contribution in [1.29, 1.82) is 0 Å². The Bertz CT molecular complexity index is 263. The number of halogens is 3. The summed E-state index contributed by atoms with van der Waals surface area (Å²) in [7, 11) is 5.48. The average molecular weight is 239 g/mol. The predicted octanol–water partition coefficient (Wildman–Crippen LogP) is -0.168. The predicted molar refractivity (Wildman–Crippen MR) is 54.7 cm³/mol. The van der Waals surface area contributed by atoms with E-state index in [1.807, 2.05) is 19.0 Å². The molecule has 2 N–H and O–H groups in total. The van der Waals surface area contributed by atoms with Crippen molar-refractivity contribution >= 4 is 5.96 Å². The van der Waals surface area contributed by atoms with E-state index in [-0.39, 0.29) is 5.96 Å². The molecule has 0 aromatic carbocycles. The third-order valence-electron chi connectivity index (χ3n) is 2.13. The Morgan fingerprint density at radius 3 is 2.31 bits per heavy atom. The minimum Gasteiger partial charge on any atom is -0.344 e. The molecule has 0 saturated heterocycles. The smallest absolute Gasteiger partial charge is 0.344 e. The van der Waals surface area contributed by atoms with E-state index in [0.29, 0.717) is 6.54 Å². The minimum absolute atomic E-state index is 0.212. The highest BCUT2D eigenvalue weighted by Gasteiger charge is 2.42. The van der Waals surface area contributed by atoms with Gasteiger partial charge in [0.25, 0.3) is 0 Å². The molecule has 0 fully saturated rings. The van der Waals surface area contributed by atoms with E-state index < -0.39 is 12.3 Å². The molecule has 1 aliphatic heterocycles. The summed E-state index contributed by atoms with van der Waals surface area (Å²) in [6.07, 6.45) is -6.22. The van der Waals surface area contributed by atoms with Crippen LogP contribution in [0.3, 0.4) is 0 Å². The maximum Gasteiger partial charge on any atom is 0.425 e. The van der Waals surface area contributed by atoms with Crippen LogP contribution in [0.5, 0.6) is 0 Å². The van der Waals surface area contributed by atoms with Gasteiger partial charge in [0.2, 0.25) is 12.1 Å². The number of nitrogens with one attached hydrogen (secondary N) is 2. The number of rotatable bonds is 3. The van der Waals surface area contributed by atoms with Gasteiger partial charge in [-0.2, -0.15) is 13.2 Å². The van der Waals surface area contributed by atoms with Crippen molar-refractivity contribution in [3.8, 4) is 0 Å². The van der Waals surface area contributed by atoms with Crippen molar-refractivity contribution in [2.24, 2.45) is 4.99 Å². The Morgan fingerprint density at radius 1 is 1.25 bits per heavy atom. The van der Waals surface area contributed by atoms with Gasteiger partial charge in [0, 0.05) is 20.1 Å². The molecule has 1 rings (SSSR count). The molecule has 16 heavy (non-hydrogen) atoms. The molecule has 0 aromatic rings. The number of hydrazine groups is 1. The first-order chi connectivity index (χ1) is 7.30. The monoisotopic (exact) mass is 239 g/mol. The molecule has 94 valence electrons. The summed E-state index contributed by atoms with van der Waals surface area (Å²) in [5, 5.41) is 0. The van der Waals surface area contributed by atoms with Crippen LogP contribution >= 0.6 is 0 Å². The Labute approximate surface area is 92.3 Å². The first-order valence-electron chi connectivity index (χ1n) is 4.82. The van der Waals surface area contributed by atoms with Crippen LogP contribution in [0, 0.1) is 0 Å². The van der Waals surface area contributed by atoms with Crippen molar-refractivity contribution in [2.75, 3.05) is 34.2 Å². The summed E-state index contributed by atoms with van der Waals surface area (Å²) in [5.74, 6) is 0.212. The minimum atomic E-state index is -4.36. The van der Waals surface area contributed by atoms with Gasteiger partial charge in [-0.1, -0.05) is 0 Å². The third kappa shape index (κ3) is 3.53. The van der Waals surface area contributed by atoms with Crippen LogP contribution in [0.4, 0.5) is 13.2 Å². The third-order valence-corrected chi connectivity index (χ3v) is 2.13. The van der Waals surface area contributed by atoms with Crippen molar-refractivity contribution in [1.82, 2.24) is 20.7 Å². The quantitative estimate of drug-likeness (QED) is 0.718. The largest absolute Gasteiger partial charge is 0.425 e. The molecule has 1 aliphatic rings. The lowest BCUT2D eigenvalue weighted by atomic mass is 10.5. The van der Waals surface area contributed by atoms with Gasteiger partial charge in [-0.25, -0.2) is 10.4 Å². The van der Waals surface area contributed by atoms with E-state index in [9.17, 15) is 13.2 Å². The number of nitrogens with zero attached hydrogens (tertiary/aromatic N) is 3. The summed E-state index contributed by atoms with van der Waals surface area (Å²) in [6, 6.07) is 0. The first kappa shape index (κ1) is 13.0. The molecule has 5 nitrogen and oxygen atoms in total. The van der Waals surface area contributed by atoms with E-state index in [4.69, 9.17) is 0 Å². The van der Waals surface area contributed by atoms with Gasteiger partial charge >= 0.3 is 6.18 Å². The zero-order valence-electron chi connectivity index (χ0n) is 9.47. The Balaban J connectivity index is 2.49. The zero-order chi connectivity index (χ0) is 12.3. The van der Waals surface area contributed by atoms with Crippen LogP contribution in [0.15, 0.2) is 4.99 Å². The molecule has 1 unspecified atom stereocenters. The second-order valence-electron chi connectivity index (χ2n) is 3.89. The fraction of sp³-hybridized carbons (Fsp3) is 0.875. The maximum absolute atomic E-state index is 12.3. The molecule has 0 aromatic heterocycles. The van der Waals surface area contributed by atoms with Gasteiger partial charge < -0.3 is 9.80 Å². The summed E-state index contributed by atoms with van der Waals surface area (Å²) >= 11 is 0. The molecule has 0 radical (unpaired) electrons. The van der Waals surface area contributed by atoms with Crippen molar-refractivity contribution in [3.05, 3.63) is 0 Å². The van der Waals surface area contributed by atoms with E-state index >= 15 is 0 Å². The van der Waals surface area contributed by atoms with Crippen molar-refractivity contribution in [3.63, 3.8) is 0 Å². The number of likely N-dealkylation sites (N-methyl/N-ethyl adjacent to an activating group) is 2. The number of hydrogen-bond donors (Lipinski definition) is 2. The summed E-state index contributed by atoms with van der Waals surface area (Å²) in [6.45, 7) is 1.35.